The van der Waals surface area contributed by atoms with Crippen molar-refractivity contribution in [2.24, 2.45) is 0 Å². The molecule has 1 heterocycles. The van der Waals surface area contributed by atoms with E-state index < -0.39 is 4.92 Å². The molecule has 0 aromatic heterocycles. The molecule has 0 bridgehead atoms. The number of amides is 2. The standard InChI is InChI=1S/C24H30N4O4/c1-3-13-27(17-23(29)25-22-16-21(28(31)32)10-9-18(22)2)20-11-14-26(15-12-20)24(30)19-7-5-4-6-8-19/h4-10,16,20H,3,11-15,17H2,1-2H3,(H,25,29). The van der Waals surface area contributed by atoms with Crippen LogP contribution in [0.4, 0.5) is 11.4 Å². The number of nitro groups is 1. The summed E-state index contributed by atoms with van der Waals surface area (Å²) in [5, 5.41) is 13.9. The largest absolute Gasteiger partial charge is 0.339 e. The first-order valence-electron chi connectivity index (χ1n) is 11.0. The van der Waals surface area contributed by atoms with Crippen LogP contribution in [0.1, 0.15) is 42.1 Å². The van der Waals surface area contributed by atoms with Crippen LogP contribution in [0.15, 0.2) is 48.5 Å². The van der Waals surface area contributed by atoms with Gasteiger partial charge in [-0.25, -0.2) is 0 Å². The number of nitro benzene ring substituents is 1. The van der Waals surface area contributed by atoms with Crippen molar-refractivity contribution in [3.05, 3.63) is 69.8 Å². The summed E-state index contributed by atoms with van der Waals surface area (Å²) in [6.45, 7) is 6.19. The van der Waals surface area contributed by atoms with Crippen LogP contribution >= 0.6 is 0 Å². The Labute approximate surface area is 188 Å². The van der Waals surface area contributed by atoms with Crippen LogP contribution in [0.25, 0.3) is 0 Å². The van der Waals surface area contributed by atoms with Crippen molar-refractivity contribution in [2.75, 3.05) is 31.5 Å². The van der Waals surface area contributed by atoms with Crippen molar-refractivity contribution in [3.63, 3.8) is 0 Å². The number of hydrogen-bond donors (Lipinski definition) is 1. The van der Waals surface area contributed by atoms with Crippen LogP contribution in [0.2, 0.25) is 0 Å². The Kier molecular flexibility index (Phi) is 7.94. The zero-order valence-electron chi connectivity index (χ0n) is 18.6. The SMILES string of the molecule is CCCN(CC(=O)Nc1cc([N+](=O)[O-])ccc1C)C1CCN(C(=O)c2ccccc2)CC1. The van der Waals surface area contributed by atoms with Crippen molar-refractivity contribution in [3.8, 4) is 0 Å². The number of rotatable bonds is 8. The molecule has 2 aromatic rings. The molecule has 8 heteroatoms. The number of carbonyl (C=O) groups is 2. The Morgan fingerprint density at radius 1 is 1.16 bits per heavy atom. The van der Waals surface area contributed by atoms with Gasteiger partial charge in [-0.15, -0.1) is 0 Å². The molecule has 1 N–H and O–H groups in total. The summed E-state index contributed by atoms with van der Waals surface area (Å²) in [6.07, 6.45) is 2.52. The fraction of sp³-hybridized carbons (Fsp3) is 0.417. The highest BCUT2D eigenvalue weighted by Gasteiger charge is 2.28. The van der Waals surface area contributed by atoms with E-state index in [1.54, 1.807) is 6.07 Å². The van der Waals surface area contributed by atoms with Crippen LogP contribution in [-0.4, -0.2) is 58.8 Å². The first kappa shape index (κ1) is 23.4. The molecule has 0 unspecified atom stereocenters. The first-order chi connectivity index (χ1) is 15.4. The third-order valence-corrected chi connectivity index (χ3v) is 5.85. The molecule has 0 aliphatic carbocycles. The number of carbonyl (C=O) groups excluding carboxylic acids is 2. The summed E-state index contributed by atoms with van der Waals surface area (Å²) in [5.41, 5.74) is 1.89. The smallest absolute Gasteiger partial charge is 0.271 e. The van der Waals surface area contributed by atoms with Crippen molar-refractivity contribution >= 4 is 23.2 Å². The molecular formula is C24H30N4O4. The lowest BCUT2D eigenvalue weighted by molar-refractivity contribution is -0.384. The molecule has 0 atom stereocenters. The quantitative estimate of drug-likeness (QED) is 0.499. The minimum absolute atomic E-state index is 0.0463. The molecule has 1 aliphatic rings. The van der Waals surface area contributed by atoms with Gasteiger partial charge in [0.25, 0.3) is 11.6 Å². The Bertz CT molecular complexity index is 956. The van der Waals surface area contributed by atoms with Gasteiger partial charge in [-0.2, -0.15) is 0 Å². The van der Waals surface area contributed by atoms with E-state index in [4.69, 9.17) is 0 Å². The van der Waals surface area contributed by atoms with Gasteiger partial charge in [0.05, 0.1) is 17.2 Å². The van der Waals surface area contributed by atoms with Gasteiger partial charge in [0.15, 0.2) is 0 Å². The minimum atomic E-state index is -0.469. The second-order valence-electron chi connectivity index (χ2n) is 8.16. The molecule has 2 aromatic carbocycles. The summed E-state index contributed by atoms with van der Waals surface area (Å²) in [6, 6.07) is 14.0. The maximum Gasteiger partial charge on any atom is 0.271 e. The maximum absolute atomic E-state index is 12.7. The highest BCUT2D eigenvalue weighted by atomic mass is 16.6. The lowest BCUT2D eigenvalue weighted by atomic mass is 10.0. The second-order valence-corrected chi connectivity index (χ2v) is 8.16. The molecule has 1 aliphatic heterocycles. The van der Waals surface area contributed by atoms with Crippen LogP contribution in [0.3, 0.4) is 0 Å². The topological polar surface area (TPSA) is 95.8 Å². The number of aryl methyl sites for hydroxylation is 1. The molecule has 2 amide bonds. The molecule has 170 valence electrons. The Morgan fingerprint density at radius 2 is 1.84 bits per heavy atom. The van der Waals surface area contributed by atoms with Crippen molar-refractivity contribution in [1.82, 2.24) is 9.80 Å². The molecule has 0 saturated carbocycles. The highest BCUT2D eigenvalue weighted by molar-refractivity contribution is 5.94. The Hall–Kier alpha value is -3.26. The number of likely N-dealkylation sites (tertiary alicyclic amines) is 1. The first-order valence-corrected chi connectivity index (χ1v) is 11.0. The average Bonchev–Trinajstić information content (AvgIpc) is 2.80. The summed E-state index contributed by atoms with van der Waals surface area (Å²) < 4.78 is 0. The van der Waals surface area contributed by atoms with Gasteiger partial charge in [-0.3, -0.25) is 24.6 Å². The van der Waals surface area contributed by atoms with E-state index in [-0.39, 0.29) is 30.1 Å². The summed E-state index contributed by atoms with van der Waals surface area (Å²) in [7, 11) is 0. The fourth-order valence-corrected chi connectivity index (χ4v) is 4.11. The molecule has 0 radical (unpaired) electrons. The van der Waals surface area contributed by atoms with E-state index in [9.17, 15) is 19.7 Å². The Balaban J connectivity index is 1.59. The fourth-order valence-electron chi connectivity index (χ4n) is 4.11. The lowest BCUT2D eigenvalue weighted by Gasteiger charge is -2.38. The van der Waals surface area contributed by atoms with E-state index >= 15 is 0 Å². The van der Waals surface area contributed by atoms with Gasteiger partial charge in [0, 0.05) is 36.8 Å². The van der Waals surface area contributed by atoms with E-state index in [0.717, 1.165) is 31.4 Å². The normalized spacial score (nSPS) is 14.4. The zero-order valence-corrected chi connectivity index (χ0v) is 18.6. The van der Waals surface area contributed by atoms with Gasteiger partial charge in [-0.1, -0.05) is 31.2 Å². The van der Waals surface area contributed by atoms with Crippen LogP contribution in [0, 0.1) is 17.0 Å². The third kappa shape index (κ3) is 5.91. The summed E-state index contributed by atoms with van der Waals surface area (Å²) in [4.78, 5) is 40.0. The van der Waals surface area contributed by atoms with Crippen molar-refractivity contribution in [1.29, 1.82) is 0 Å². The number of anilines is 1. The molecule has 32 heavy (non-hydrogen) atoms. The lowest BCUT2D eigenvalue weighted by Crippen LogP contribution is -2.49. The van der Waals surface area contributed by atoms with Crippen molar-refractivity contribution < 1.29 is 14.5 Å². The van der Waals surface area contributed by atoms with E-state index in [2.05, 4.69) is 17.1 Å². The van der Waals surface area contributed by atoms with Gasteiger partial charge in [0.1, 0.15) is 0 Å². The summed E-state index contributed by atoms with van der Waals surface area (Å²) >= 11 is 0. The third-order valence-electron chi connectivity index (χ3n) is 5.85. The van der Waals surface area contributed by atoms with Crippen LogP contribution < -0.4 is 5.32 Å². The maximum atomic E-state index is 12.7. The minimum Gasteiger partial charge on any atom is -0.339 e. The predicted octanol–water partition coefficient (Wildman–Crippen LogP) is 3.86. The van der Waals surface area contributed by atoms with E-state index in [0.29, 0.717) is 24.3 Å². The van der Waals surface area contributed by atoms with E-state index in [1.807, 2.05) is 42.2 Å². The number of nitrogens with zero attached hydrogens (tertiary/aromatic N) is 3. The number of non-ortho nitro benzene ring substituents is 1. The zero-order chi connectivity index (χ0) is 23.1. The van der Waals surface area contributed by atoms with Crippen molar-refractivity contribution in [2.45, 2.75) is 39.2 Å². The van der Waals surface area contributed by atoms with Gasteiger partial charge in [-0.05, 0) is 50.4 Å². The number of benzene rings is 2. The molecule has 1 fully saturated rings. The van der Waals surface area contributed by atoms with Crippen LogP contribution in [0.5, 0.6) is 0 Å². The molecular weight excluding hydrogens is 408 g/mol. The number of nitrogens with one attached hydrogen (secondary N) is 1. The van der Waals surface area contributed by atoms with Crippen LogP contribution in [-0.2, 0) is 4.79 Å². The molecule has 3 rings (SSSR count). The summed E-state index contributed by atoms with van der Waals surface area (Å²) in [5.74, 6) is -0.144. The number of hydrogen-bond acceptors (Lipinski definition) is 5. The molecule has 0 spiro atoms. The van der Waals surface area contributed by atoms with Gasteiger partial charge < -0.3 is 10.2 Å². The highest BCUT2D eigenvalue weighted by Crippen LogP contribution is 2.23. The van der Waals surface area contributed by atoms with Gasteiger partial charge >= 0.3 is 0 Å². The average molecular weight is 439 g/mol. The monoisotopic (exact) mass is 438 g/mol. The molecule has 8 nitrogen and oxygen atoms in total. The molecule has 1 saturated heterocycles. The van der Waals surface area contributed by atoms with E-state index in [1.165, 1.54) is 12.1 Å². The van der Waals surface area contributed by atoms with Gasteiger partial charge in [0.2, 0.25) is 5.91 Å². The second kappa shape index (κ2) is 10.9. The number of piperidine rings is 1. The predicted molar refractivity (Wildman–Crippen MR) is 124 cm³/mol. The Morgan fingerprint density at radius 3 is 2.47 bits per heavy atom.